The fourth-order valence-electron chi connectivity index (χ4n) is 2.46. The van der Waals surface area contributed by atoms with Crippen LogP contribution in [0.25, 0.3) is 0 Å². The molecule has 102 valence electrons. The van der Waals surface area contributed by atoms with Crippen molar-refractivity contribution in [3.63, 3.8) is 0 Å². The minimum absolute atomic E-state index is 0.479. The Hall–Kier alpha value is -0.120. The van der Waals surface area contributed by atoms with E-state index in [2.05, 4.69) is 31.0 Å². The van der Waals surface area contributed by atoms with E-state index >= 15 is 0 Å². The lowest BCUT2D eigenvalue weighted by molar-refractivity contribution is 0.00518. The Morgan fingerprint density at radius 3 is 2.94 bits per heavy atom. The molecule has 1 N–H and O–H groups in total. The first-order chi connectivity index (χ1) is 8.26. The van der Waals surface area contributed by atoms with Crippen LogP contribution in [-0.2, 0) is 4.74 Å². The summed E-state index contributed by atoms with van der Waals surface area (Å²) in [6.07, 6.45) is 5.49. The molecule has 1 saturated heterocycles. The highest BCUT2D eigenvalue weighted by atomic mass is 16.5. The van der Waals surface area contributed by atoms with E-state index in [0.29, 0.717) is 12.1 Å². The van der Waals surface area contributed by atoms with Crippen LogP contribution in [0.2, 0.25) is 0 Å². The smallest absolute Gasteiger partial charge is 0.0702 e. The van der Waals surface area contributed by atoms with Gasteiger partial charge in [0.25, 0.3) is 0 Å². The molecule has 1 heterocycles. The van der Waals surface area contributed by atoms with E-state index in [1.807, 2.05) is 0 Å². The number of nitrogens with one attached hydrogen (secondary N) is 1. The maximum Gasteiger partial charge on any atom is 0.0702 e. The molecule has 0 aromatic carbocycles. The van der Waals surface area contributed by atoms with Gasteiger partial charge in [-0.05, 0) is 59.2 Å². The van der Waals surface area contributed by atoms with Crippen molar-refractivity contribution < 1.29 is 4.74 Å². The number of rotatable bonds is 8. The van der Waals surface area contributed by atoms with Crippen LogP contribution < -0.4 is 5.32 Å². The molecule has 1 aliphatic heterocycles. The van der Waals surface area contributed by atoms with Crippen LogP contribution in [0.3, 0.4) is 0 Å². The average Bonchev–Trinajstić information content (AvgIpc) is 2.35. The predicted octanol–water partition coefficient (Wildman–Crippen LogP) is 2.27. The number of piperidine rings is 1. The van der Waals surface area contributed by atoms with Crippen molar-refractivity contribution in [2.75, 3.05) is 32.8 Å². The van der Waals surface area contributed by atoms with E-state index in [1.165, 1.54) is 38.8 Å². The van der Waals surface area contributed by atoms with E-state index in [-0.39, 0.29) is 0 Å². The van der Waals surface area contributed by atoms with Crippen LogP contribution in [0.1, 0.15) is 46.5 Å². The normalized spacial score (nSPS) is 23.8. The molecule has 2 unspecified atom stereocenters. The summed E-state index contributed by atoms with van der Waals surface area (Å²) in [5.74, 6) is 0. The summed E-state index contributed by atoms with van der Waals surface area (Å²) in [5, 5.41) is 3.55. The van der Waals surface area contributed by atoms with Crippen LogP contribution >= 0.6 is 0 Å². The number of hydrogen-bond donors (Lipinski definition) is 1. The van der Waals surface area contributed by atoms with Crippen molar-refractivity contribution >= 4 is 0 Å². The standard InChI is InChI=1S/C14H30N2O/c1-4-9-15-13(3)8-11-16-10-6-7-14(12-16)17-5-2/h13-15H,4-12H2,1-3H3. The molecular weight excluding hydrogens is 212 g/mol. The summed E-state index contributed by atoms with van der Waals surface area (Å²) in [6, 6.07) is 0.641. The van der Waals surface area contributed by atoms with Crippen molar-refractivity contribution in [2.24, 2.45) is 0 Å². The molecule has 1 fully saturated rings. The van der Waals surface area contributed by atoms with Gasteiger partial charge in [0.1, 0.15) is 0 Å². The van der Waals surface area contributed by atoms with Crippen LogP contribution in [0.5, 0.6) is 0 Å². The summed E-state index contributed by atoms with van der Waals surface area (Å²) in [6.45, 7) is 12.2. The number of hydrogen-bond acceptors (Lipinski definition) is 3. The first kappa shape index (κ1) is 14.9. The lowest BCUT2D eigenvalue weighted by Crippen LogP contribution is -2.41. The number of ether oxygens (including phenoxy) is 1. The SMILES string of the molecule is CCCNC(C)CCN1CCCC(OCC)C1. The molecule has 1 rings (SSSR count). The maximum absolute atomic E-state index is 5.73. The molecule has 0 amide bonds. The third-order valence-corrected chi connectivity index (χ3v) is 3.49. The zero-order valence-corrected chi connectivity index (χ0v) is 11.9. The van der Waals surface area contributed by atoms with Crippen molar-refractivity contribution in [2.45, 2.75) is 58.6 Å². The second-order valence-corrected chi connectivity index (χ2v) is 5.16. The lowest BCUT2D eigenvalue weighted by atomic mass is 10.1. The maximum atomic E-state index is 5.73. The van der Waals surface area contributed by atoms with Gasteiger partial charge in [-0.2, -0.15) is 0 Å². The van der Waals surface area contributed by atoms with Gasteiger partial charge in [-0.25, -0.2) is 0 Å². The molecule has 17 heavy (non-hydrogen) atoms. The van der Waals surface area contributed by atoms with E-state index in [0.717, 1.165) is 19.7 Å². The van der Waals surface area contributed by atoms with Gasteiger partial charge in [-0.3, -0.25) is 0 Å². The molecule has 0 spiro atoms. The molecule has 0 bridgehead atoms. The molecule has 0 aromatic heterocycles. The van der Waals surface area contributed by atoms with Crippen molar-refractivity contribution in [3.05, 3.63) is 0 Å². The monoisotopic (exact) mass is 242 g/mol. The Kier molecular flexibility index (Phi) is 7.82. The third kappa shape index (κ3) is 6.39. The largest absolute Gasteiger partial charge is 0.377 e. The third-order valence-electron chi connectivity index (χ3n) is 3.49. The summed E-state index contributed by atoms with van der Waals surface area (Å²) in [5.41, 5.74) is 0. The van der Waals surface area contributed by atoms with Crippen LogP contribution in [-0.4, -0.2) is 49.8 Å². The van der Waals surface area contributed by atoms with E-state index in [4.69, 9.17) is 4.74 Å². The molecule has 0 radical (unpaired) electrons. The summed E-state index contributed by atoms with van der Waals surface area (Å²) in [4.78, 5) is 2.56. The number of likely N-dealkylation sites (tertiary alicyclic amines) is 1. The Labute approximate surface area is 107 Å². The summed E-state index contributed by atoms with van der Waals surface area (Å²) >= 11 is 0. The van der Waals surface area contributed by atoms with Crippen LogP contribution in [0, 0.1) is 0 Å². The highest BCUT2D eigenvalue weighted by Gasteiger charge is 2.19. The van der Waals surface area contributed by atoms with Gasteiger partial charge in [-0.1, -0.05) is 6.92 Å². The van der Waals surface area contributed by atoms with Crippen molar-refractivity contribution in [1.29, 1.82) is 0 Å². The first-order valence-corrected chi connectivity index (χ1v) is 7.33. The van der Waals surface area contributed by atoms with Crippen LogP contribution in [0.15, 0.2) is 0 Å². The molecule has 3 nitrogen and oxygen atoms in total. The lowest BCUT2D eigenvalue weighted by Gasteiger charge is -2.33. The quantitative estimate of drug-likeness (QED) is 0.706. The van der Waals surface area contributed by atoms with Gasteiger partial charge in [0.2, 0.25) is 0 Å². The molecule has 2 atom stereocenters. The molecule has 0 aromatic rings. The molecule has 3 heteroatoms. The zero-order chi connectivity index (χ0) is 12.5. The summed E-state index contributed by atoms with van der Waals surface area (Å²) in [7, 11) is 0. The Morgan fingerprint density at radius 1 is 1.41 bits per heavy atom. The average molecular weight is 242 g/mol. The molecular formula is C14H30N2O. The molecule has 0 saturated carbocycles. The van der Waals surface area contributed by atoms with Gasteiger partial charge in [0.05, 0.1) is 6.10 Å². The van der Waals surface area contributed by atoms with Gasteiger partial charge in [0.15, 0.2) is 0 Å². The van der Waals surface area contributed by atoms with E-state index in [1.54, 1.807) is 0 Å². The van der Waals surface area contributed by atoms with Gasteiger partial charge < -0.3 is 15.0 Å². The predicted molar refractivity (Wildman–Crippen MR) is 73.5 cm³/mol. The van der Waals surface area contributed by atoms with Gasteiger partial charge in [0, 0.05) is 19.2 Å². The minimum atomic E-state index is 0.479. The molecule has 0 aliphatic carbocycles. The minimum Gasteiger partial charge on any atom is -0.377 e. The van der Waals surface area contributed by atoms with Gasteiger partial charge in [-0.15, -0.1) is 0 Å². The fourth-order valence-corrected chi connectivity index (χ4v) is 2.46. The zero-order valence-electron chi connectivity index (χ0n) is 11.9. The molecule has 1 aliphatic rings. The fraction of sp³-hybridized carbons (Fsp3) is 1.00. The number of nitrogens with zero attached hydrogens (tertiary/aromatic N) is 1. The van der Waals surface area contributed by atoms with Crippen LogP contribution in [0.4, 0.5) is 0 Å². The highest BCUT2D eigenvalue weighted by Crippen LogP contribution is 2.13. The highest BCUT2D eigenvalue weighted by molar-refractivity contribution is 4.74. The van der Waals surface area contributed by atoms with Crippen molar-refractivity contribution in [3.8, 4) is 0 Å². The van der Waals surface area contributed by atoms with E-state index < -0.39 is 0 Å². The topological polar surface area (TPSA) is 24.5 Å². The second kappa shape index (κ2) is 8.90. The van der Waals surface area contributed by atoms with Gasteiger partial charge >= 0.3 is 0 Å². The first-order valence-electron chi connectivity index (χ1n) is 7.33. The van der Waals surface area contributed by atoms with Crippen molar-refractivity contribution in [1.82, 2.24) is 10.2 Å². The second-order valence-electron chi connectivity index (χ2n) is 5.16. The Bertz CT molecular complexity index is 185. The summed E-state index contributed by atoms with van der Waals surface area (Å²) < 4.78 is 5.73. The Balaban J connectivity index is 2.13. The Morgan fingerprint density at radius 2 is 2.24 bits per heavy atom. The van der Waals surface area contributed by atoms with E-state index in [9.17, 15) is 0 Å².